The van der Waals surface area contributed by atoms with E-state index in [4.69, 9.17) is 0 Å². The molecule has 6 heteroatoms. The summed E-state index contributed by atoms with van der Waals surface area (Å²) in [7, 11) is 0.647. The maximum absolute atomic E-state index is 12.4. The molecule has 0 saturated heterocycles. The van der Waals surface area contributed by atoms with Gasteiger partial charge in [-0.3, -0.25) is 0 Å². The average Bonchev–Trinajstić information content (AvgIpc) is 2.31. The summed E-state index contributed by atoms with van der Waals surface area (Å²) in [4.78, 5) is 2.53. The number of nitrogens with zero attached hydrogens (tertiary/aromatic N) is 1. The third kappa shape index (κ3) is 2.80. The molecule has 1 N–H and O–H groups in total. The first kappa shape index (κ1) is 14.8. The van der Waals surface area contributed by atoms with Crippen molar-refractivity contribution in [1.29, 1.82) is 0 Å². The van der Waals surface area contributed by atoms with Crippen molar-refractivity contribution in [3.05, 3.63) is 22.2 Å². The summed E-state index contributed by atoms with van der Waals surface area (Å²) in [6, 6.07) is 3.75. The lowest BCUT2D eigenvalue weighted by Gasteiger charge is -2.36. The predicted molar refractivity (Wildman–Crippen MR) is 81.7 cm³/mol. The van der Waals surface area contributed by atoms with Crippen LogP contribution in [0.3, 0.4) is 0 Å². The van der Waals surface area contributed by atoms with Gasteiger partial charge in [-0.15, -0.1) is 0 Å². The number of hydrogen-bond acceptors (Lipinski definition) is 4. The molecule has 1 heterocycles. The summed E-state index contributed by atoms with van der Waals surface area (Å²) in [5.41, 5.74) is 1.74. The first-order valence-electron chi connectivity index (χ1n) is 6.27. The van der Waals surface area contributed by atoms with Crippen LogP contribution in [-0.4, -0.2) is 40.9 Å². The molecule has 0 fully saturated rings. The summed E-state index contributed by atoms with van der Waals surface area (Å²) >= 11 is 3.50. The molecule has 0 saturated carbocycles. The van der Waals surface area contributed by atoms with Gasteiger partial charge in [0.2, 0.25) is 0 Å². The van der Waals surface area contributed by atoms with Gasteiger partial charge in [0.1, 0.15) is 0 Å². The normalized spacial score (nSPS) is 21.3. The number of fused-ring (bicyclic) bond motifs is 1. The van der Waals surface area contributed by atoms with E-state index in [0.717, 1.165) is 28.7 Å². The highest BCUT2D eigenvalue weighted by atomic mass is 79.9. The Morgan fingerprint density at radius 3 is 2.79 bits per heavy atom. The van der Waals surface area contributed by atoms with E-state index in [1.807, 2.05) is 27.1 Å². The molecule has 0 aromatic heterocycles. The minimum absolute atomic E-state index is 0.0176. The number of sulfone groups is 1. The fourth-order valence-electron chi connectivity index (χ4n) is 2.51. The zero-order valence-electron chi connectivity index (χ0n) is 11.4. The Balaban J connectivity index is 2.51. The molecule has 19 heavy (non-hydrogen) atoms. The van der Waals surface area contributed by atoms with Gasteiger partial charge < -0.3 is 10.2 Å². The number of hydrogen-bond donors (Lipinski definition) is 1. The van der Waals surface area contributed by atoms with Crippen LogP contribution in [0.5, 0.6) is 0 Å². The summed E-state index contributed by atoms with van der Waals surface area (Å²) < 4.78 is 25.7. The standard InChI is InChI=1S/C13H19BrN2O2S/c1-9-6-11(14)13-12(7-9)19(17,18)8-10(16(13)3)4-5-15-2/h6-7,10,15H,4-5,8H2,1-3H3. The molecular formula is C13H19BrN2O2S. The van der Waals surface area contributed by atoms with Crippen molar-refractivity contribution in [1.82, 2.24) is 5.32 Å². The zero-order valence-corrected chi connectivity index (χ0v) is 13.8. The van der Waals surface area contributed by atoms with Crippen LogP contribution in [-0.2, 0) is 9.84 Å². The van der Waals surface area contributed by atoms with Gasteiger partial charge in [-0.2, -0.15) is 0 Å². The van der Waals surface area contributed by atoms with E-state index in [2.05, 4.69) is 26.1 Å². The molecule has 2 rings (SSSR count). The van der Waals surface area contributed by atoms with Gasteiger partial charge in [0.25, 0.3) is 0 Å². The number of aryl methyl sites for hydroxylation is 1. The van der Waals surface area contributed by atoms with Crippen LogP contribution in [0.15, 0.2) is 21.5 Å². The Morgan fingerprint density at radius 2 is 2.16 bits per heavy atom. The Hall–Kier alpha value is -0.590. The second-order valence-electron chi connectivity index (χ2n) is 5.03. The highest BCUT2D eigenvalue weighted by molar-refractivity contribution is 9.10. The predicted octanol–water partition coefficient (Wildman–Crippen LogP) is 1.96. The minimum atomic E-state index is -3.20. The van der Waals surface area contributed by atoms with Crippen molar-refractivity contribution in [2.75, 3.05) is 31.3 Å². The fourth-order valence-corrected chi connectivity index (χ4v) is 5.48. The molecule has 1 aromatic carbocycles. The molecule has 4 nitrogen and oxygen atoms in total. The quantitative estimate of drug-likeness (QED) is 0.908. The van der Waals surface area contributed by atoms with Crippen LogP contribution in [0.4, 0.5) is 5.69 Å². The van der Waals surface area contributed by atoms with Crippen LogP contribution in [0.1, 0.15) is 12.0 Å². The highest BCUT2D eigenvalue weighted by Crippen LogP contribution is 2.39. The molecule has 0 spiro atoms. The van der Waals surface area contributed by atoms with E-state index in [9.17, 15) is 8.42 Å². The van der Waals surface area contributed by atoms with E-state index >= 15 is 0 Å². The number of rotatable bonds is 3. The van der Waals surface area contributed by atoms with Gasteiger partial charge in [-0.25, -0.2) is 8.42 Å². The molecule has 1 aliphatic heterocycles. The van der Waals surface area contributed by atoms with Crippen molar-refractivity contribution in [2.24, 2.45) is 0 Å². The number of halogens is 1. The summed E-state index contributed by atoms with van der Waals surface area (Å²) in [6.07, 6.45) is 0.811. The van der Waals surface area contributed by atoms with Crippen molar-refractivity contribution < 1.29 is 8.42 Å². The van der Waals surface area contributed by atoms with E-state index in [0.29, 0.717) is 4.90 Å². The van der Waals surface area contributed by atoms with Crippen molar-refractivity contribution in [3.63, 3.8) is 0 Å². The summed E-state index contributed by atoms with van der Waals surface area (Å²) in [6.45, 7) is 2.72. The highest BCUT2D eigenvalue weighted by Gasteiger charge is 2.35. The van der Waals surface area contributed by atoms with Crippen LogP contribution >= 0.6 is 15.9 Å². The van der Waals surface area contributed by atoms with Gasteiger partial charge in [-0.05, 0) is 60.6 Å². The van der Waals surface area contributed by atoms with Crippen molar-refractivity contribution in [3.8, 4) is 0 Å². The van der Waals surface area contributed by atoms with Crippen LogP contribution < -0.4 is 10.2 Å². The van der Waals surface area contributed by atoms with Gasteiger partial charge in [0, 0.05) is 17.6 Å². The van der Waals surface area contributed by atoms with Gasteiger partial charge >= 0.3 is 0 Å². The van der Waals surface area contributed by atoms with Gasteiger partial charge in [0.15, 0.2) is 9.84 Å². The molecule has 0 amide bonds. The van der Waals surface area contributed by atoms with Gasteiger partial charge in [-0.1, -0.05) is 0 Å². The number of benzene rings is 1. The number of anilines is 1. The van der Waals surface area contributed by atoms with E-state index < -0.39 is 9.84 Å². The second-order valence-corrected chi connectivity index (χ2v) is 7.89. The molecule has 0 radical (unpaired) electrons. The van der Waals surface area contributed by atoms with E-state index in [-0.39, 0.29) is 11.8 Å². The molecule has 1 aliphatic rings. The van der Waals surface area contributed by atoms with Crippen LogP contribution in [0.25, 0.3) is 0 Å². The van der Waals surface area contributed by atoms with Crippen LogP contribution in [0.2, 0.25) is 0 Å². The Bertz CT molecular complexity index is 587. The zero-order chi connectivity index (χ0) is 14.2. The lowest BCUT2D eigenvalue weighted by atomic mass is 10.1. The maximum Gasteiger partial charge on any atom is 0.182 e. The second kappa shape index (κ2) is 5.42. The Labute approximate surface area is 123 Å². The monoisotopic (exact) mass is 346 g/mol. The topological polar surface area (TPSA) is 49.4 Å². The first-order valence-corrected chi connectivity index (χ1v) is 8.71. The van der Waals surface area contributed by atoms with Gasteiger partial charge in [0.05, 0.1) is 16.3 Å². The maximum atomic E-state index is 12.4. The lowest BCUT2D eigenvalue weighted by molar-refractivity contribution is 0.549. The summed E-state index contributed by atoms with van der Waals surface area (Å²) in [5, 5.41) is 3.08. The minimum Gasteiger partial charge on any atom is -0.369 e. The van der Waals surface area contributed by atoms with E-state index in [1.54, 1.807) is 6.07 Å². The largest absolute Gasteiger partial charge is 0.369 e. The van der Waals surface area contributed by atoms with Crippen molar-refractivity contribution >= 4 is 31.5 Å². The summed E-state index contributed by atoms with van der Waals surface area (Å²) in [5.74, 6) is 0.189. The number of nitrogens with one attached hydrogen (secondary N) is 1. The Kier molecular flexibility index (Phi) is 4.23. The van der Waals surface area contributed by atoms with Crippen molar-refractivity contribution in [2.45, 2.75) is 24.3 Å². The lowest BCUT2D eigenvalue weighted by Crippen LogP contribution is -2.44. The molecule has 1 atom stereocenters. The third-order valence-electron chi connectivity index (χ3n) is 3.55. The molecule has 0 aliphatic carbocycles. The molecule has 106 valence electrons. The average molecular weight is 347 g/mol. The smallest absolute Gasteiger partial charge is 0.182 e. The third-order valence-corrected chi connectivity index (χ3v) is 5.96. The molecular weight excluding hydrogens is 328 g/mol. The van der Waals surface area contributed by atoms with E-state index in [1.165, 1.54) is 0 Å². The van der Waals surface area contributed by atoms with Crippen LogP contribution in [0, 0.1) is 6.92 Å². The SMILES string of the molecule is CNCCC1CS(=O)(=O)c2cc(C)cc(Br)c2N1C. The molecule has 1 unspecified atom stereocenters. The molecule has 0 bridgehead atoms. The Morgan fingerprint density at radius 1 is 1.47 bits per heavy atom. The fraction of sp³-hybridized carbons (Fsp3) is 0.538. The molecule has 1 aromatic rings. The first-order chi connectivity index (χ1) is 8.86.